The Balaban J connectivity index is 1.49. The second-order valence-corrected chi connectivity index (χ2v) is 7.79. The smallest absolute Gasteiger partial charge is 0.259 e. The lowest BCUT2D eigenvalue weighted by Crippen LogP contribution is -2.36. The molecule has 1 saturated heterocycles. The standard InChI is InChI=1S/C25H25N5O2/c26-15-17-1-3-18(4-2-17)22-16-28-24(23-21(22)9-10-27-25(23)31)29-19-5-7-20(8-6-19)30-11-13-32-14-12-30/h1-10,16H,11-15,26H2,(H,27,31)(H,28,29). The van der Waals surface area contributed by atoms with Gasteiger partial charge in [-0.2, -0.15) is 0 Å². The lowest BCUT2D eigenvalue weighted by atomic mass is 10.0. The van der Waals surface area contributed by atoms with Crippen LogP contribution in [0.25, 0.3) is 21.9 Å². The molecule has 7 nitrogen and oxygen atoms in total. The van der Waals surface area contributed by atoms with E-state index in [1.165, 1.54) is 0 Å². The van der Waals surface area contributed by atoms with Gasteiger partial charge in [0.25, 0.3) is 5.56 Å². The maximum atomic E-state index is 12.8. The Kier molecular flexibility index (Phi) is 5.58. The van der Waals surface area contributed by atoms with Crippen molar-refractivity contribution in [2.75, 3.05) is 36.5 Å². The number of morpholine rings is 1. The van der Waals surface area contributed by atoms with Crippen molar-refractivity contribution in [2.45, 2.75) is 6.54 Å². The van der Waals surface area contributed by atoms with E-state index in [1.54, 1.807) is 6.20 Å². The van der Waals surface area contributed by atoms with Crippen LogP contribution >= 0.6 is 0 Å². The highest BCUT2D eigenvalue weighted by atomic mass is 16.5. The number of nitrogens with zero attached hydrogens (tertiary/aromatic N) is 2. The molecule has 4 aromatic rings. The molecule has 0 amide bonds. The summed E-state index contributed by atoms with van der Waals surface area (Å²) in [4.78, 5) is 22.5. The van der Waals surface area contributed by atoms with E-state index >= 15 is 0 Å². The normalized spacial score (nSPS) is 14.0. The molecule has 7 heteroatoms. The maximum absolute atomic E-state index is 12.8. The number of benzene rings is 2. The SMILES string of the molecule is NCc1ccc(-c2cnc(Nc3ccc(N4CCOCC4)cc3)c3c(=O)[nH]ccc23)cc1. The number of hydrogen-bond donors (Lipinski definition) is 3. The van der Waals surface area contributed by atoms with Crippen molar-refractivity contribution in [3.8, 4) is 11.1 Å². The Morgan fingerprint density at radius 1 is 1.03 bits per heavy atom. The minimum Gasteiger partial charge on any atom is -0.378 e. The number of pyridine rings is 2. The van der Waals surface area contributed by atoms with E-state index in [1.807, 2.05) is 48.7 Å². The van der Waals surface area contributed by atoms with Gasteiger partial charge in [-0.05, 0) is 41.5 Å². The van der Waals surface area contributed by atoms with Crippen LogP contribution in [0.5, 0.6) is 0 Å². The fraction of sp³-hybridized carbons (Fsp3) is 0.200. The van der Waals surface area contributed by atoms with Crippen LogP contribution in [0.3, 0.4) is 0 Å². The highest BCUT2D eigenvalue weighted by Gasteiger charge is 2.14. The molecule has 0 saturated carbocycles. The number of fused-ring (bicyclic) bond motifs is 1. The summed E-state index contributed by atoms with van der Waals surface area (Å²) < 4.78 is 5.43. The summed E-state index contributed by atoms with van der Waals surface area (Å²) in [6.07, 6.45) is 3.48. The Labute approximate surface area is 185 Å². The molecule has 3 heterocycles. The molecular weight excluding hydrogens is 402 g/mol. The lowest BCUT2D eigenvalue weighted by molar-refractivity contribution is 0.122. The fourth-order valence-electron chi connectivity index (χ4n) is 4.06. The molecule has 32 heavy (non-hydrogen) atoms. The van der Waals surface area contributed by atoms with Crippen LogP contribution in [0.4, 0.5) is 17.2 Å². The van der Waals surface area contributed by atoms with Gasteiger partial charge < -0.3 is 25.7 Å². The van der Waals surface area contributed by atoms with Crippen molar-refractivity contribution in [3.63, 3.8) is 0 Å². The first kappa shape index (κ1) is 20.2. The summed E-state index contributed by atoms with van der Waals surface area (Å²) in [5, 5.41) is 4.70. The lowest BCUT2D eigenvalue weighted by Gasteiger charge is -2.28. The zero-order valence-corrected chi connectivity index (χ0v) is 17.7. The van der Waals surface area contributed by atoms with Gasteiger partial charge >= 0.3 is 0 Å². The summed E-state index contributed by atoms with van der Waals surface area (Å²) in [5.74, 6) is 0.531. The number of ether oxygens (including phenoxy) is 1. The second-order valence-electron chi connectivity index (χ2n) is 7.79. The predicted molar refractivity (Wildman–Crippen MR) is 128 cm³/mol. The van der Waals surface area contributed by atoms with Crippen molar-refractivity contribution in [1.29, 1.82) is 0 Å². The van der Waals surface area contributed by atoms with Crippen molar-refractivity contribution in [2.24, 2.45) is 5.73 Å². The first-order chi connectivity index (χ1) is 15.7. The highest BCUT2D eigenvalue weighted by molar-refractivity contribution is 6.01. The molecule has 5 rings (SSSR count). The second kappa shape index (κ2) is 8.82. The molecule has 0 bridgehead atoms. The first-order valence-corrected chi connectivity index (χ1v) is 10.7. The molecule has 1 aliphatic rings. The number of rotatable bonds is 5. The molecule has 0 spiro atoms. The minimum absolute atomic E-state index is 0.178. The van der Waals surface area contributed by atoms with E-state index in [2.05, 4.69) is 32.3 Å². The summed E-state index contributed by atoms with van der Waals surface area (Å²) in [6, 6.07) is 18.1. The van der Waals surface area contributed by atoms with Gasteiger partial charge in [0.1, 0.15) is 5.82 Å². The van der Waals surface area contributed by atoms with Crippen molar-refractivity contribution in [3.05, 3.63) is 82.9 Å². The van der Waals surface area contributed by atoms with Gasteiger partial charge in [-0.15, -0.1) is 0 Å². The molecule has 0 aliphatic carbocycles. The minimum atomic E-state index is -0.178. The Morgan fingerprint density at radius 2 is 1.78 bits per heavy atom. The van der Waals surface area contributed by atoms with Crippen LogP contribution in [-0.4, -0.2) is 36.3 Å². The predicted octanol–water partition coefficient (Wildman–Crippen LogP) is 3.63. The number of nitrogens with two attached hydrogens (primary N) is 1. The van der Waals surface area contributed by atoms with Crippen LogP contribution in [0.15, 0.2) is 71.8 Å². The molecule has 162 valence electrons. The van der Waals surface area contributed by atoms with Gasteiger partial charge in [-0.1, -0.05) is 24.3 Å². The third-order valence-corrected chi connectivity index (χ3v) is 5.82. The average Bonchev–Trinajstić information content (AvgIpc) is 2.85. The molecule has 0 atom stereocenters. The average molecular weight is 428 g/mol. The van der Waals surface area contributed by atoms with E-state index in [0.29, 0.717) is 17.7 Å². The van der Waals surface area contributed by atoms with Gasteiger partial charge in [0.15, 0.2) is 0 Å². The van der Waals surface area contributed by atoms with Gasteiger partial charge in [-0.25, -0.2) is 4.98 Å². The van der Waals surface area contributed by atoms with E-state index in [0.717, 1.165) is 59.8 Å². The van der Waals surface area contributed by atoms with E-state index in [9.17, 15) is 4.79 Å². The molecule has 4 N–H and O–H groups in total. The monoisotopic (exact) mass is 427 g/mol. The number of anilines is 3. The Bertz CT molecular complexity index is 1280. The van der Waals surface area contributed by atoms with E-state index < -0.39 is 0 Å². The molecular formula is C25H25N5O2. The van der Waals surface area contributed by atoms with Crippen molar-refractivity contribution in [1.82, 2.24) is 9.97 Å². The van der Waals surface area contributed by atoms with E-state index in [4.69, 9.17) is 10.5 Å². The molecule has 2 aromatic heterocycles. The summed E-state index contributed by atoms with van der Waals surface area (Å²) >= 11 is 0. The number of aromatic nitrogens is 2. The zero-order chi connectivity index (χ0) is 21.9. The zero-order valence-electron chi connectivity index (χ0n) is 17.7. The third-order valence-electron chi connectivity index (χ3n) is 5.82. The number of H-pyrrole nitrogens is 1. The number of aromatic amines is 1. The summed E-state index contributed by atoms with van der Waals surface area (Å²) in [5.41, 5.74) is 10.5. The largest absolute Gasteiger partial charge is 0.378 e. The summed E-state index contributed by atoms with van der Waals surface area (Å²) in [6.45, 7) is 3.77. The van der Waals surface area contributed by atoms with E-state index in [-0.39, 0.29) is 5.56 Å². The number of nitrogens with one attached hydrogen (secondary N) is 2. The Hall–Kier alpha value is -3.68. The molecule has 2 aromatic carbocycles. The third kappa shape index (κ3) is 3.95. The quantitative estimate of drug-likeness (QED) is 0.450. The van der Waals surface area contributed by atoms with Gasteiger partial charge in [0.2, 0.25) is 0 Å². The van der Waals surface area contributed by atoms with Crippen LogP contribution in [0, 0.1) is 0 Å². The molecule has 1 aliphatic heterocycles. The topological polar surface area (TPSA) is 96.3 Å². The highest BCUT2D eigenvalue weighted by Crippen LogP contribution is 2.31. The first-order valence-electron chi connectivity index (χ1n) is 10.7. The number of hydrogen-bond acceptors (Lipinski definition) is 6. The van der Waals surface area contributed by atoms with Crippen LogP contribution in [0.1, 0.15) is 5.56 Å². The van der Waals surface area contributed by atoms with Crippen LogP contribution in [-0.2, 0) is 11.3 Å². The van der Waals surface area contributed by atoms with Crippen LogP contribution < -0.4 is 21.5 Å². The molecule has 0 unspecified atom stereocenters. The maximum Gasteiger partial charge on any atom is 0.259 e. The molecule has 1 fully saturated rings. The van der Waals surface area contributed by atoms with Gasteiger partial charge in [0.05, 0.1) is 18.6 Å². The van der Waals surface area contributed by atoms with Crippen LogP contribution in [0.2, 0.25) is 0 Å². The molecule has 0 radical (unpaired) electrons. The summed E-state index contributed by atoms with van der Waals surface area (Å²) in [7, 11) is 0. The van der Waals surface area contributed by atoms with Crippen molar-refractivity contribution >= 4 is 28.0 Å². The van der Waals surface area contributed by atoms with Gasteiger partial charge in [0, 0.05) is 54.4 Å². The van der Waals surface area contributed by atoms with Crippen molar-refractivity contribution < 1.29 is 4.74 Å². The van der Waals surface area contributed by atoms with Gasteiger partial charge in [-0.3, -0.25) is 4.79 Å². The Morgan fingerprint density at radius 3 is 2.50 bits per heavy atom. The fourth-order valence-corrected chi connectivity index (χ4v) is 4.06.